The van der Waals surface area contributed by atoms with Crippen LogP contribution in [0.1, 0.15) is 12.2 Å². The first-order chi connectivity index (χ1) is 10.8. The van der Waals surface area contributed by atoms with E-state index in [4.69, 9.17) is 10.8 Å². The number of para-hydroxylation sites is 1. The molecule has 0 aliphatic carbocycles. The summed E-state index contributed by atoms with van der Waals surface area (Å²) in [5.74, 6) is 1.35. The van der Waals surface area contributed by atoms with Crippen molar-refractivity contribution in [2.45, 2.75) is 13.0 Å². The normalized spacial score (nSPS) is 17.1. The number of nitrogens with two attached hydrogens (primary N) is 1. The average molecular weight is 301 g/mol. The van der Waals surface area contributed by atoms with E-state index in [9.17, 15) is 0 Å². The lowest BCUT2D eigenvalue weighted by Crippen LogP contribution is -2.46. The van der Waals surface area contributed by atoms with Crippen LogP contribution in [0.3, 0.4) is 0 Å². The molecule has 0 spiro atoms. The monoisotopic (exact) mass is 301 g/mol. The van der Waals surface area contributed by atoms with Gasteiger partial charge >= 0.3 is 0 Å². The Morgan fingerprint density at radius 1 is 1.05 bits per heavy atom. The highest BCUT2D eigenvalue weighted by Crippen LogP contribution is 2.18. The van der Waals surface area contributed by atoms with Gasteiger partial charge in [0.15, 0.2) is 0 Å². The van der Waals surface area contributed by atoms with Crippen LogP contribution in [0.5, 0.6) is 0 Å². The molecular weight excluding hydrogens is 278 g/mol. The molecule has 6 nitrogen and oxygen atoms in total. The number of benzene rings is 1. The maximum atomic E-state index is 8.89. The van der Waals surface area contributed by atoms with Crippen LogP contribution in [-0.4, -0.2) is 64.2 Å². The van der Waals surface area contributed by atoms with E-state index in [-0.39, 0.29) is 6.61 Å². The second kappa shape index (κ2) is 7.00. The van der Waals surface area contributed by atoms with Gasteiger partial charge in [-0.25, -0.2) is 9.97 Å². The van der Waals surface area contributed by atoms with Gasteiger partial charge in [0.25, 0.3) is 0 Å². The smallest absolute Gasteiger partial charge is 0.145 e. The van der Waals surface area contributed by atoms with E-state index in [0.29, 0.717) is 5.82 Å². The van der Waals surface area contributed by atoms with Crippen molar-refractivity contribution >= 4 is 16.7 Å². The molecule has 1 saturated heterocycles. The second-order valence-corrected chi connectivity index (χ2v) is 5.74. The molecule has 3 N–H and O–H groups in total. The molecule has 0 atom stereocenters. The highest BCUT2D eigenvalue weighted by atomic mass is 16.3. The minimum Gasteiger partial charge on any atom is -0.396 e. The molecule has 3 rings (SSSR count). The third kappa shape index (κ3) is 3.52. The van der Waals surface area contributed by atoms with Crippen LogP contribution in [0, 0.1) is 0 Å². The molecule has 0 bridgehead atoms. The van der Waals surface area contributed by atoms with Gasteiger partial charge in [0.1, 0.15) is 11.6 Å². The number of nitrogen functional groups attached to an aromatic ring is 1. The van der Waals surface area contributed by atoms with Crippen LogP contribution in [0.4, 0.5) is 5.82 Å². The predicted octanol–water partition coefficient (Wildman–Crippen LogP) is 0.712. The third-order valence-electron chi connectivity index (χ3n) is 4.14. The Hall–Kier alpha value is -1.76. The largest absolute Gasteiger partial charge is 0.396 e. The van der Waals surface area contributed by atoms with E-state index in [2.05, 4.69) is 19.8 Å². The molecule has 0 radical (unpaired) electrons. The van der Waals surface area contributed by atoms with Crippen LogP contribution in [0.25, 0.3) is 10.9 Å². The molecule has 22 heavy (non-hydrogen) atoms. The van der Waals surface area contributed by atoms with Gasteiger partial charge in [-0.3, -0.25) is 4.90 Å². The van der Waals surface area contributed by atoms with E-state index in [1.807, 2.05) is 24.3 Å². The Kier molecular flexibility index (Phi) is 4.82. The Morgan fingerprint density at radius 3 is 2.55 bits per heavy atom. The van der Waals surface area contributed by atoms with Crippen molar-refractivity contribution in [3.63, 3.8) is 0 Å². The molecule has 1 aliphatic rings. The summed E-state index contributed by atoms with van der Waals surface area (Å²) < 4.78 is 0. The Morgan fingerprint density at radius 2 is 1.77 bits per heavy atom. The number of hydrogen-bond donors (Lipinski definition) is 2. The summed E-state index contributed by atoms with van der Waals surface area (Å²) in [6.45, 7) is 6.05. The summed E-state index contributed by atoms with van der Waals surface area (Å²) in [7, 11) is 0. The lowest BCUT2D eigenvalue weighted by Gasteiger charge is -2.34. The first-order valence-corrected chi connectivity index (χ1v) is 7.83. The zero-order chi connectivity index (χ0) is 15.4. The first-order valence-electron chi connectivity index (χ1n) is 7.83. The fraction of sp³-hybridized carbons (Fsp3) is 0.500. The topological polar surface area (TPSA) is 78.5 Å². The van der Waals surface area contributed by atoms with Crippen molar-refractivity contribution < 1.29 is 5.11 Å². The Labute approximate surface area is 130 Å². The van der Waals surface area contributed by atoms with Crippen LogP contribution >= 0.6 is 0 Å². The molecule has 2 aromatic rings. The summed E-state index contributed by atoms with van der Waals surface area (Å²) in [6, 6.07) is 7.85. The highest BCUT2D eigenvalue weighted by Gasteiger charge is 2.17. The SMILES string of the molecule is Nc1nc(CN2CCN(CCCO)CC2)nc2ccccc12. The van der Waals surface area contributed by atoms with Crippen molar-refractivity contribution in [1.82, 2.24) is 19.8 Å². The molecular formula is C16H23N5O. The van der Waals surface area contributed by atoms with E-state index in [0.717, 1.165) is 62.4 Å². The molecule has 0 unspecified atom stereocenters. The number of nitrogens with zero attached hydrogens (tertiary/aromatic N) is 4. The maximum Gasteiger partial charge on any atom is 0.145 e. The Balaban J connectivity index is 1.62. The van der Waals surface area contributed by atoms with Crippen molar-refractivity contribution in [1.29, 1.82) is 0 Å². The minimum atomic E-state index is 0.268. The summed E-state index contributed by atoms with van der Waals surface area (Å²) in [5, 5.41) is 9.81. The number of rotatable bonds is 5. The predicted molar refractivity (Wildman–Crippen MR) is 87.4 cm³/mol. The zero-order valence-electron chi connectivity index (χ0n) is 12.8. The zero-order valence-corrected chi connectivity index (χ0v) is 12.8. The molecule has 6 heteroatoms. The van der Waals surface area contributed by atoms with Crippen LogP contribution in [-0.2, 0) is 6.54 Å². The van der Waals surface area contributed by atoms with Gasteiger partial charge in [0, 0.05) is 44.7 Å². The van der Waals surface area contributed by atoms with Crippen LogP contribution in [0.15, 0.2) is 24.3 Å². The van der Waals surface area contributed by atoms with E-state index in [1.165, 1.54) is 0 Å². The van der Waals surface area contributed by atoms with Crippen molar-refractivity contribution in [3.8, 4) is 0 Å². The summed E-state index contributed by atoms with van der Waals surface area (Å²) in [6.07, 6.45) is 0.852. The minimum absolute atomic E-state index is 0.268. The van der Waals surface area contributed by atoms with Crippen molar-refractivity contribution in [2.75, 3.05) is 45.1 Å². The molecule has 1 aromatic carbocycles. The van der Waals surface area contributed by atoms with Crippen LogP contribution < -0.4 is 5.73 Å². The van der Waals surface area contributed by atoms with Gasteiger partial charge in [0.2, 0.25) is 0 Å². The number of aliphatic hydroxyl groups is 1. The molecule has 0 saturated carbocycles. The standard InChI is InChI=1S/C16H23N5O/c17-16-13-4-1-2-5-14(13)18-15(19-16)12-21-9-7-20(8-10-21)6-3-11-22/h1-2,4-5,22H,3,6-12H2,(H2,17,18,19). The lowest BCUT2D eigenvalue weighted by atomic mass is 10.2. The number of fused-ring (bicyclic) bond motifs is 1. The third-order valence-corrected chi connectivity index (χ3v) is 4.14. The number of anilines is 1. The molecule has 1 fully saturated rings. The van der Waals surface area contributed by atoms with Gasteiger partial charge in [-0.15, -0.1) is 0 Å². The van der Waals surface area contributed by atoms with Crippen LogP contribution in [0.2, 0.25) is 0 Å². The molecule has 1 aromatic heterocycles. The fourth-order valence-corrected chi connectivity index (χ4v) is 2.89. The summed E-state index contributed by atoms with van der Waals surface area (Å²) in [5.41, 5.74) is 6.95. The highest BCUT2D eigenvalue weighted by molar-refractivity contribution is 5.87. The number of hydrogen-bond acceptors (Lipinski definition) is 6. The lowest BCUT2D eigenvalue weighted by molar-refractivity contribution is 0.118. The van der Waals surface area contributed by atoms with E-state index < -0.39 is 0 Å². The average Bonchev–Trinajstić information content (AvgIpc) is 2.54. The fourth-order valence-electron chi connectivity index (χ4n) is 2.89. The molecule has 2 heterocycles. The molecule has 1 aliphatic heterocycles. The summed E-state index contributed by atoms with van der Waals surface area (Å²) >= 11 is 0. The van der Waals surface area contributed by atoms with Gasteiger partial charge in [-0.1, -0.05) is 12.1 Å². The number of aromatic nitrogens is 2. The van der Waals surface area contributed by atoms with E-state index >= 15 is 0 Å². The van der Waals surface area contributed by atoms with Gasteiger partial charge < -0.3 is 15.7 Å². The van der Waals surface area contributed by atoms with Gasteiger partial charge in [-0.05, 0) is 18.6 Å². The number of piperazine rings is 1. The summed E-state index contributed by atoms with van der Waals surface area (Å²) in [4.78, 5) is 13.8. The van der Waals surface area contributed by atoms with E-state index in [1.54, 1.807) is 0 Å². The maximum absolute atomic E-state index is 8.89. The first kappa shape index (κ1) is 15.1. The quantitative estimate of drug-likeness (QED) is 0.847. The Bertz CT molecular complexity index is 625. The molecule has 0 amide bonds. The van der Waals surface area contributed by atoms with Crippen molar-refractivity contribution in [2.24, 2.45) is 0 Å². The second-order valence-electron chi connectivity index (χ2n) is 5.74. The molecule has 118 valence electrons. The number of aliphatic hydroxyl groups excluding tert-OH is 1. The van der Waals surface area contributed by atoms with Crippen molar-refractivity contribution in [3.05, 3.63) is 30.1 Å². The van der Waals surface area contributed by atoms with Gasteiger partial charge in [0.05, 0.1) is 12.1 Å². The van der Waals surface area contributed by atoms with Gasteiger partial charge in [-0.2, -0.15) is 0 Å².